The first-order chi connectivity index (χ1) is 15.3. The molecule has 1 aliphatic heterocycles. The second-order valence-corrected chi connectivity index (χ2v) is 8.31. The lowest BCUT2D eigenvalue weighted by molar-refractivity contribution is -0.135. The second-order valence-electron chi connectivity index (χ2n) is 8.31. The van der Waals surface area contributed by atoms with Crippen molar-refractivity contribution >= 4 is 29.4 Å². The van der Waals surface area contributed by atoms with Gasteiger partial charge < -0.3 is 16.0 Å². The summed E-state index contributed by atoms with van der Waals surface area (Å²) in [6.45, 7) is 3.15. The average Bonchev–Trinajstić information content (AvgIpc) is 3.00. The first-order valence-corrected chi connectivity index (χ1v) is 10.7. The van der Waals surface area contributed by atoms with Crippen molar-refractivity contribution in [3.05, 3.63) is 64.7 Å². The summed E-state index contributed by atoms with van der Waals surface area (Å²) in [5, 5.41) is 8.07. The average molecular weight is 434 g/mol. The topological polar surface area (TPSA) is 108 Å². The van der Waals surface area contributed by atoms with E-state index in [1.807, 2.05) is 50.2 Å². The number of imide groups is 1. The molecule has 8 heteroatoms. The van der Waals surface area contributed by atoms with E-state index in [-0.39, 0.29) is 12.5 Å². The van der Waals surface area contributed by atoms with Crippen molar-refractivity contribution in [2.45, 2.75) is 38.6 Å². The van der Waals surface area contributed by atoms with Gasteiger partial charge in [-0.25, -0.2) is 4.79 Å². The zero-order valence-electron chi connectivity index (χ0n) is 18.2. The van der Waals surface area contributed by atoms with Crippen LogP contribution in [0.15, 0.2) is 42.5 Å². The SMILES string of the molecule is Cc1cccc(NC(=O)CNC(=O)CN2C(=O)N[C@]3(CCCc4ccccc43)C2=O)c1C. The van der Waals surface area contributed by atoms with E-state index in [0.29, 0.717) is 12.1 Å². The van der Waals surface area contributed by atoms with Crippen LogP contribution in [0.3, 0.4) is 0 Å². The normalized spacial score (nSPS) is 19.5. The summed E-state index contributed by atoms with van der Waals surface area (Å²) >= 11 is 0. The lowest BCUT2D eigenvalue weighted by Gasteiger charge is -2.33. The molecule has 2 aliphatic rings. The van der Waals surface area contributed by atoms with Gasteiger partial charge in [-0.3, -0.25) is 19.3 Å². The second kappa shape index (κ2) is 8.45. The van der Waals surface area contributed by atoms with Gasteiger partial charge in [0.1, 0.15) is 12.1 Å². The van der Waals surface area contributed by atoms with E-state index in [9.17, 15) is 19.2 Å². The maximum Gasteiger partial charge on any atom is 0.325 e. The van der Waals surface area contributed by atoms with Crippen LogP contribution in [-0.4, -0.2) is 41.7 Å². The number of amides is 5. The fraction of sp³-hybridized carbons (Fsp3) is 0.333. The number of nitrogens with zero attached hydrogens (tertiary/aromatic N) is 1. The summed E-state index contributed by atoms with van der Waals surface area (Å²) in [5.74, 6) is -1.39. The van der Waals surface area contributed by atoms with Crippen molar-refractivity contribution in [2.24, 2.45) is 0 Å². The van der Waals surface area contributed by atoms with Crippen molar-refractivity contribution in [3.63, 3.8) is 0 Å². The summed E-state index contributed by atoms with van der Waals surface area (Å²) in [6.07, 6.45) is 2.10. The van der Waals surface area contributed by atoms with E-state index in [2.05, 4.69) is 16.0 Å². The number of carbonyl (C=O) groups is 4. The van der Waals surface area contributed by atoms with Crippen LogP contribution in [0.25, 0.3) is 0 Å². The molecule has 1 fully saturated rings. The van der Waals surface area contributed by atoms with Crippen molar-refractivity contribution in [1.82, 2.24) is 15.5 Å². The minimum Gasteiger partial charge on any atom is -0.345 e. The summed E-state index contributed by atoms with van der Waals surface area (Å²) < 4.78 is 0. The molecule has 8 nitrogen and oxygen atoms in total. The highest BCUT2D eigenvalue weighted by atomic mass is 16.2. The number of fused-ring (bicyclic) bond motifs is 2. The zero-order valence-corrected chi connectivity index (χ0v) is 18.2. The molecule has 5 amide bonds. The molecule has 32 heavy (non-hydrogen) atoms. The monoisotopic (exact) mass is 434 g/mol. The summed E-state index contributed by atoms with van der Waals surface area (Å²) in [5.41, 5.74) is 3.37. The standard InChI is InChI=1S/C24H26N4O4/c1-15-7-5-11-19(16(15)2)26-20(29)13-25-21(30)14-28-22(31)24(27-23(28)32)12-6-9-17-8-3-4-10-18(17)24/h3-5,7-8,10-11H,6,9,12-14H2,1-2H3,(H,25,30)(H,26,29)(H,27,32)/t24-/m0/s1. The van der Waals surface area contributed by atoms with Crippen LogP contribution in [0.4, 0.5) is 10.5 Å². The van der Waals surface area contributed by atoms with Gasteiger partial charge in [-0.1, -0.05) is 36.4 Å². The van der Waals surface area contributed by atoms with E-state index >= 15 is 0 Å². The molecule has 1 saturated heterocycles. The van der Waals surface area contributed by atoms with Crippen molar-refractivity contribution in [1.29, 1.82) is 0 Å². The third-order valence-corrected chi connectivity index (χ3v) is 6.28. The Morgan fingerprint density at radius 2 is 1.84 bits per heavy atom. The van der Waals surface area contributed by atoms with Gasteiger partial charge in [-0.05, 0) is 61.4 Å². The molecule has 166 valence electrons. The first-order valence-electron chi connectivity index (χ1n) is 10.7. The predicted molar refractivity (Wildman–Crippen MR) is 119 cm³/mol. The number of anilines is 1. The minimum absolute atomic E-state index is 0.260. The van der Waals surface area contributed by atoms with E-state index in [1.165, 1.54) is 0 Å². The van der Waals surface area contributed by atoms with Gasteiger partial charge in [0.2, 0.25) is 11.8 Å². The maximum absolute atomic E-state index is 13.2. The Labute approximate surface area is 186 Å². The number of aryl methyl sites for hydroxylation is 2. The summed E-state index contributed by atoms with van der Waals surface area (Å²) in [7, 11) is 0. The number of rotatable bonds is 5. The molecule has 0 aromatic heterocycles. The molecule has 4 rings (SSSR count). The van der Waals surface area contributed by atoms with Crippen LogP contribution in [0.1, 0.15) is 35.1 Å². The van der Waals surface area contributed by atoms with Gasteiger partial charge in [0, 0.05) is 5.69 Å². The molecule has 1 aliphatic carbocycles. The summed E-state index contributed by atoms with van der Waals surface area (Å²) in [6, 6.07) is 12.5. The maximum atomic E-state index is 13.2. The molecule has 1 atom stereocenters. The number of benzene rings is 2. The number of hydrogen-bond donors (Lipinski definition) is 3. The Balaban J connectivity index is 1.38. The highest BCUT2D eigenvalue weighted by Gasteiger charge is 2.54. The minimum atomic E-state index is -1.12. The molecule has 2 aromatic carbocycles. The van der Waals surface area contributed by atoms with Crippen LogP contribution in [0, 0.1) is 13.8 Å². The molecule has 1 heterocycles. The smallest absolute Gasteiger partial charge is 0.325 e. The van der Waals surface area contributed by atoms with Crippen molar-refractivity contribution < 1.29 is 19.2 Å². The Morgan fingerprint density at radius 1 is 1.06 bits per heavy atom. The Hall–Kier alpha value is -3.68. The Bertz CT molecular complexity index is 1110. The number of nitrogens with one attached hydrogen (secondary N) is 3. The molecule has 0 bridgehead atoms. The van der Waals surface area contributed by atoms with Gasteiger partial charge >= 0.3 is 6.03 Å². The lowest BCUT2D eigenvalue weighted by Crippen LogP contribution is -2.47. The van der Waals surface area contributed by atoms with Crippen LogP contribution in [0.5, 0.6) is 0 Å². The van der Waals surface area contributed by atoms with E-state index < -0.39 is 29.9 Å². The predicted octanol–water partition coefficient (Wildman–Crippen LogP) is 2.14. The molecular weight excluding hydrogens is 408 g/mol. The fourth-order valence-electron chi connectivity index (χ4n) is 4.41. The Morgan fingerprint density at radius 3 is 2.66 bits per heavy atom. The zero-order chi connectivity index (χ0) is 22.9. The first kappa shape index (κ1) is 21.5. The third kappa shape index (κ3) is 3.84. The van der Waals surface area contributed by atoms with E-state index in [0.717, 1.165) is 40.0 Å². The molecule has 0 saturated carbocycles. The van der Waals surface area contributed by atoms with Crippen LogP contribution in [0.2, 0.25) is 0 Å². The van der Waals surface area contributed by atoms with Crippen LogP contribution < -0.4 is 16.0 Å². The molecule has 3 N–H and O–H groups in total. The molecule has 0 radical (unpaired) electrons. The highest BCUT2D eigenvalue weighted by Crippen LogP contribution is 2.39. The van der Waals surface area contributed by atoms with Crippen LogP contribution >= 0.6 is 0 Å². The molecule has 2 aromatic rings. The van der Waals surface area contributed by atoms with Gasteiger partial charge in [0.05, 0.1) is 6.54 Å². The van der Waals surface area contributed by atoms with E-state index in [1.54, 1.807) is 6.07 Å². The number of carbonyl (C=O) groups excluding carboxylic acids is 4. The quantitative estimate of drug-likeness (QED) is 0.627. The van der Waals surface area contributed by atoms with Crippen molar-refractivity contribution in [3.8, 4) is 0 Å². The van der Waals surface area contributed by atoms with Crippen LogP contribution in [-0.2, 0) is 26.3 Å². The van der Waals surface area contributed by atoms with Gasteiger partial charge in [-0.15, -0.1) is 0 Å². The molecule has 0 unspecified atom stereocenters. The largest absolute Gasteiger partial charge is 0.345 e. The van der Waals surface area contributed by atoms with E-state index in [4.69, 9.17) is 0 Å². The van der Waals surface area contributed by atoms with Gasteiger partial charge in [0.15, 0.2) is 0 Å². The molecule has 1 spiro atoms. The van der Waals surface area contributed by atoms with Gasteiger partial charge in [-0.2, -0.15) is 0 Å². The highest BCUT2D eigenvalue weighted by molar-refractivity contribution is 6.09. The molecular formula is C24H26N4O4. The number of urea groups is 1. The van der Waals surface area contributed by atoms with Crippen molar-refractivity contribution in [2.75, 3.05) is 18.4 Å². The Kier molecular flexibility index (Phi) is 5.69. The summed E-state index contributed by atoms with van der Waals surface area (Å²) in [4.78, 5) is 51.4. The fourth-order valence-corrected chi connectivity index (χ4v) is 4.41. The number of hydrogen-bond acceptors (Lipinski definition) is 4. The lowest BCUT2D eigenvalue weighted by atomic mass is 9.76. The van der Waals surface area contributed by atoms with Gasteiger partial charge in [0.25, 0.3) is 5.91 Å². The third-order valence-electron chi connectivity index (χ3n) is 6.28.